The molecule has 0 bridgehead atoms. The summed E-state index contributed by atoms with van der Waals surface area (Å²) in [4.78, 5) is 42.8. The second kappa shape index (κ2) is 13.7. The molecule has 0 spiro atoms. The standard InChI is InChI=1S/C30H48N4O5S2/c1-21(25(35)33-41(38,39)19-13-18-40)20-23-16-11-12-17-34(23)26(36)24(28(2,3)4)30(32-7,27(31)37)29(5,6)22-14-9-8-10-15-22/h8-10,14-15,20,23-24,32,40H,11-13,16-19H2,1-7H3,(H2,31,37)(H,33,35)/t23?,24-,30?/m0/s1. The number of amides is 3. The molecule has 2 rings (SSSR count). The van der Waals surface area contributed by atoms with Gasteiger partial charge >= 0.3 is 0 Å². The van der Waals surface area contributed by atoms with Gasteiger partial charge in [-0.15, -0.1) is 0 Å². The van der Waals surface area contributed by atoms with Crippen LogP contribution in [-0.4, -0.2) is 67.7 Å². The molecule has 41 heavy (non-hydrogen) atoms. The number of nitrogens with one attached hydrogen (secondary N) is 2. The van der Waals surface area contributed by atoms with Crippen molar-refractivity contribution in [1.29, 1.82) is 0 Å². The van der Waals surface area contributed by atoms with Gasteiger partial charge in [-0.1, -0.05) is 71.0 Å². The molecular weight excluding hydrogens is 560 g/mol. The quantitative estimate of drug-likeness (QED) is 0.212. The van der Waals surface area contributed by atoms with Gasteiger partial charge in [-0.25, -0.2) is 13.1 Å². The first-order chi connectivity index (χ1) is 19.0. The molecule has 1 heterocycles. The number of thiol groups is 1. The van der Waals surface area contributed by atoms with Crippen molar-refractivity contribution in [2.75, 3.05) is 25.1 Å². The van der Waals surface area contributed by atoms with Crippen molar-refractivity contribution >= 4 is 40.4 Å². The zero-order valence-electron chi connectivity index (χ0n) is 25.5. The van der Waals surface area contributed by atoms with Crippen LogP contribution in [0.5, 0.6) is 0 Å². The Morgan fingerprint density at radius 2 is 1.73 bits per heavy atom. The molecule has 230 valence electrons. The minimum Gasteiger partial charge on any atom is -0.368 e. The van der Waals surface area contributed by atoms with Gasteiger partial charge in [0.2, 0.25) is 21.8 Å². The summed E-state index contributed by atoms with van der Waals surface area (Å²) < 4.78 is 26.7. The highest BCUT2D eigenvalue weighted by Crippen LogP contribution is 2.47. The normalized spacial score (nSPS) is 19.3. The van der Waals surface area contributed by atoms with Crippen LogP contribution in [0.3, 0.4) is 0 Å². The van der Waals surface area contributed by atoms with Gasteiger partial charge in [-0.2, -0.15) is 12.6 Å². The Bertz CT molecular complexity index is 1230. The van der Waals surface area contributed by atoms with E-state index in [1.54, 1.807) is 24.9 Å². The van der Waals surface area contributed by atoms with Crippen molar-refractivity contribution in [3.05, 3.63) is 47.5 Å². The Morgan fingerprint density at radius 1 is 1.12 bits per heavy atom. The maximum Gasteiger partial charge on any atom is 0.260 e. The maximum atomic E-state index is 14.7. The summed E-state index contributed by atoms with van der Waals surface area (Å²) in [6.45, 7) is 11.6. The molecule has 1 aliphatic heterocycles. The molecule has 2 unspecified atom stereocenters. The summed E-state index contributed by atoms with van der Waals surface area (Å²) in [5, 5.41) is 3.22. The van der Waals surface area contributed by atoms with E-state index in [4.69, 9.17) is 5.73 Å². The number of nitrogens with zero attached hydrogens (tertiary/aromatic N) is 1. The van der Waals surface area contributed by atoms with Crippen LogP contribution in [0.1, 0.15) is 72.8 Å². The van der Waals surface area contributed by atoms with E-state index in [0.29, 0.717) is 25.1 Å². The van der Waals surface area contributed by atoms with Crippen LogP contribution in [0, 0.1) is 11.3 Å². The molecule has 1 saturated heterocycles. The molecule has 1 aromatic rings. The van der Waals surface area contributed by atoms with E-state index in [2.05, 4.69) is 22.7 Å². The van der Waals surface area contributed by atoms with Crippen molar-refractivity contribution < 1.29 is 22.8 Å². The molecule has 1 aliphatic rings. The number of benzene rings is 1. The topological polar surface area (TPSA) is 139 Å². The average Bonchev–Trinajstić information content (AvgIpc) is 2.89. The first-order valence-corrected chi connectivity index (χ1v) is 16.4. The predicted molar refractivity (Wildman–Crippen MR) is 167 cm³/mol. The molecule has 11 heteroatoms. The lowest BCUT2D eigenvalue weighted by Gasteiger charge is -2.54. The average molecular weight is 609 g/mol. The summed E-state index contributed by atoms with van der Waals surface area (Å²) in [7, 11) is -2.13. The zero-order valence-corrected chi connectivity index (χ0v) is 27.2. The monoisotopic (exact) mass is 608 g/mol. The summed E-state index contributed by atoms with van der Waals surface area (Å²) in [5.74, 6) is -2.29. The third kappa shape index (κ3) is 7.73. The third-order valence-corrected chi connectivity index (χ3v) is 9.90. The number of carbonyl (C=O) groups excluding carboxylic acids is 3. The highest BCUT2D eigenvalue weighted by molar-refractivity contribution is 7.90. The van der Waals surface area contributed by atoms with Crippen LogP contribution in [0.25, 0.3) is 0 Å². The second-order valence-corrected chi connectivity index (χ2v) is 14.8. The Hall–Kier alpha value is -2.37. The van der Waals surface area contributed by atoms with E-state index in [-0.39, 0.29) is 17.2 Å². The van der Waals surface area contributed by atoms with Gasteiger partial charge in [-0.05, 0) is 56.4 Å². The molecule has 0 aromatic heterocycles. The van der Waals surface area contributed by atoms with Gasteiger partial charge in [-0.3, -0.25) is 14.4 Å². The second-order valence-electron chi connectivity index (χ2n) is 12.5. The first-order valence-electron chi connectivity index (χ1n) is 14.1. The number of likely N-dealkylation sites (N-methyl/N-ethyl adjacent to an activating group) is 1. The van der Waals surface area contributed by atoms with Crippen molar-refractivity contribution in [2.45, 2.75) is 84.2 Å². The Kier molecular flexibility index (Phi) is 11.7. The number of primary amides is 1. The lowest BCUT2D eigenvalue weighted by molar-refractivity contribution is -0.154. The van der Waals surface area contributed by atoms with E-state index >= 15 is 0 Å². The molecule has 0 saturated carbocycles. The highest BCUT2D eigenvalue weighted by atomic mass is 32.2. The van der Waals surface area contributed by atoms with Gasteiger partial charge in [0.1, 0.15) is 5.54 Å². The fourth-order valence-corrected chi connectivity index (χ4v) is 7.58. The van der Waals surface area contributed by atoms with Gasteiger partial charge < -0.3 is 16.0 Å². The van der Waals surface area contributed by atoms with E-state index < -0.39 is 50.2 Å². The largest absolute Gasteiger partial charge is 0.368 e. The van der Waals surface area contributed by atoms with Gasteiger partial charge in [0.25, 0.3) is 5.91 Å². The fraction of sp³-hybridized carbons (Fsp3) is 0.633. The van der Waals surface area contributed by atoms with Crippen LogP contribution < -0.4 is 15.8 Å². The first kappa shape index (κ1) is 34.8. The SMILES string of the molecule is CNC(C(N)=O)([C@@H](C(=O)N1CCCCC1C=C(C)C(=O)NS(=O)(=O)CCCS)C(C)(C)C)C(C)(C)c1ccccc1. The number of hydrogen-bond donors (Lipinski definition) is 4. The van der Waals surface area contributed by atoms with Gasteiger partial charge in [0, 0.05) is 17.5 Å². The smallest absolute Gasteiger partial charge is 0.260 e. The van der Waals surface area contributed by atoms with Crippen LogP contribution >= 0.6 is 12.6 Å². The minimum atomic E-state index is -3.80. The van der Waals surface area contributed by atoms with Crippen molar-refractivity contribution in [2.24, 2.45) is 17.1 Å². The zero-order chi connectivity index (χ0) is 31.2. The van der Waals surface area contributed by atoms with Crippen LogP contribution in [0.4, 0.5) is 0 Å². The van der Waals surface area contributed by atoms with Crippen molar-refractivity contribution in [3.63, 3.8) is 0 Å². The molecule has 4 N–H and O–H groups in total. The number of sulfonamides is 1. The number of carbonyl (C=O) groups is 3. The number of rotatable bonds is 12. The molecule has 0 aliphatic carbocycles. The number of nitrogens with two attached hydrogens (primary N) is 1. The highest BCUT2D eigenvalue weighted by Gasteiger charge is 2.61. The van der Waals surface area contributed by atoms with E-state index in [1.807, 2.05) is 65.0 Å². The Morgan fingerprint density at radius 3 is 2.24 bits per heavy atom. The van der Waals surface area contributed by atoms with Crippen molar-refractivity contribution in [3.8, 4) is 0 Å². The molecule has 0 radical (unpaired) electrons. The molecular formula is C30H48N4O5S2. The molecule has 3 amide bonds. The van der Waals surface area contributed by atoms with Crippen LogP contribution in [-0.2, 0) is 29.8 Å². The minimum absolute atomic E-state index is 0.201. The maximum absolute atomic E-state index is 14.7. The molecule has 1 fully saturated rings. The van der Waals surface area contributed by atoms with E-state index in [0.717, 1.165) is 18.4 Å². The number of hydrogen-bond acceptors (Lipinski definition) is 7. The summed E-state index contributed by atoms with van der Waals surface area (Å²) in [5.41, 5.74) is 4.23. The van der Waals surface area contributed by atoms with Gasteiger partial charge in [0.05, 0.1) is 17.7 Å². The van der Waals surface area contributed by atoms with E-state index in [9.17, 15) is 22.8 Å². The van der Waals surface area contributed by atoms with E-state index in [1.165, 1.54) is 0 Å². The Labute approximate surface area is 251 Å². The van der Waals surface area contributed by atoms with Gasteiger partial charge in [0.15, 0.2) is 0 Å². The molecule has 9 nitrogen and oxygen atoms in total. The van der Waals surface area contributed by atoms with Crippen LogP contribution in [0.15, 0.2) is 42.0 Å². The number of likely N-dealkylation sites (tertiary alicyclic amines) is 1. The predicted octanol–water partition coefficient (Wildman–Crippen LogP) is 3.16. The Balaban J connectivity index is 2.58. The lowest BCUT2D eigenvalue weighted by atomic mass is 9.55. The summed E-state index contributed by atoms with van der Waals surface area (Å²) in [6.07, 6.45) is 4.18. The molecule has 3 atom stereocenters. The molecule has 1 aromatic carbocycles. The van der Waals surface area contributed by atoms with Crippen LogP contribution in [0.2, 0.25) is 0 Å². The lowest BCUT2D eigenvalue weighted by Crippen LogP contribution is -2.74. The fourth-order valence-electron chi connectivity index (χ4n) is 6.14. The summed E-state index contributed by atoms with van der Waals surface area (Å²) in [6, 6.07) is 9.09. The number of piperidine rings is 1. The summed E-state index contributed by atoms with van der Waals surface area (Å²) >= 11 is 4.04. The third-order valence-electron chi connectivity index (χ3n) is 8.26. The van der Waals surface area contributed by atoms with Crippen molar-refractivity contribution in [1.82, 2.24) is 14.9 Å².